The number of carbonyl (C=O) groups is 2. The van der Waals surface area contributed by atoms with Gasteiger partial charge in [-0.25, -0.2) is 18.2 Å². The van der Waals surface area contributed by atoms with Crippen molar-refractivity contribution < 1.29 is 22.7 Å². The first-order valence-electron chi connectivity index (χ1n) is 8.42. The van der Waals surface area contributed by atoms with E-state index in [1.807, 2.05) is 0 Å². The summed E-state index contributed by atoms with van der Waals surface area (Å²) in [5, 5.41) is 2.47. The van der Waals surface area contributed by atoms with E-state index in [0.29, 0.717) is 21.3 Å². The third-order valence-corrected chi connectivity index (χ3v) is 6.96. The van der Waals surface area contributed by atoms with E-state index in [0.717, 1.165) is 11.3 Å². The normalized spacial score (nSPS) is 11.4. The lowest BCUT2D eigenvalue weighted by molar-refractivity contribution is -0.115. The minimum absolute atomic E-state index is 0.0649. The molecule has 1 heterocycles. The Balaban J connectivity index is 2.04. The largest absolute Gasteiger partial charge is 0.462 e. The van der Waals surface area contributed by atoms with Gasteiger partial charge in [-0.3, -0.25) is 4.79 Å². The van der Waals surface area contributed by atoms with Gasteiger partial charge in [-0.2, -0.15) is 0 Å². The van der Waals surface area contributed by atoms with Crippen LogP contribution < -0.4 is 5.32 Å². The van der Waals surface area contributed by atoms with Crippen LogP contribution in [0.25, 0.3) is 0 Å². The predicted molar refractivity (Wildman–Crippen MR) is 104 cm³/mol. The molecule has 27 heavy (non-hydrogen) atoms. The van der Waals surface area contributed by atoms with Crippen LogP contribution >= 0.6 is 11.3 Å². The van der Waals surface area contributed by atoms with E-state index in [2.05, 4.69) is 10.3 Å². The summed E-state index contributed by atoms with van der Waals surface area (Å²) in [4.78, 5) is 28.8. The summed E-state index contributed by atoms with van der Waals surface area (Å²) >= 11 is 1.06. The first kappa shape index (κ1) is 21.0. The summed E-state index contributed by atoms with van der Waals surface area (Å²) in [6, 6.07) is 6.24. The van der Waals surface area contributed by atoms with E-state index in [9.17, 15) is 18.0 Å². The maximum absolute atomic E-state index is 12.2. The number of carbonyl (C=O) groups excluding carboxylic acids is 2. The second kappa shape index (κ2) is 8.62. The highest BCUT2D eigenvalue weighted by Crippen LogP contribution is 2.24. The summed E-state index contributed by atoms with van der Waals surface area (Å²) < 4.78 is 29.2. The van der Waals surface area contributed by atoms with Gasteiger partial charge in [0.15, 0.2) is 15.0 Å². The van der Waals surface area contributed by atoms with Gasteiger partial charge in [-0.05, 0) is 45.4 Å². The van der Waals surface area contributed by atoms with E-state index in [4.69, 9.17) is 4.74 Å². The number of sulfone groups is 1. The number of rotatable bonds is 7. The number of nitrogens with zero attached hydrogens (tertiary/aromatic N) is 1. The third kappa shape index (κ3) is 5.14. The monoisotopic (exact) mass is 410 g/mol. The van der Waals surface area contributed by atoms with E-state index >= 15 is 0 Å². The Kier molecular flexibility index (Phi) is 6.72. The maximum Gasteiger partial charge on any atom is 0.350 e. The van der Waals surface area contributed by atoms with Gasteiger partial charge in [-0.15, -0.1) is 0 Å². The van der Waals surface area contributed by atoms with E-state index in [1.165, 1.54) is 12.1 Å². The summed E-state index contributed by atoms with van der Waals surface area (Å²) in [6.07, 6.45) is 0.0649. The molecule has 2 aromatic rings. The van der Waals surface area contributed by atoms with Crippen LogP contribution in [0.5, 0.6) is 0 Å². The van der Waals surface area contributed by atoms with Gasteiger partial charge in [0, 0.05) is 0 Å². The van der Waals surface area contributed by atoms with Crippen molar-refractivity contribution in [2.24, 2.45) is 0 Å². The highest BCUT2D eigenvalue weighted by atomic mass is 32.2. The van der Waals surface area contributed by atoms with Crippen LogP contribution in [0.4, 0.5) is 5.13 Å². The Bertz CT molecular complexity index is 931. The summed E-state index contributed by atoms with van der Waals surface area (Å²) in [7, 11) is -3.34. The molecule has 1 N–H and O–H groups in total. The smallest absolute Gasteiger partial charge is 0.350 e. The standard InChI is InChI=1S/C18H22N2O5S2/c1-5-25-17(22)16-12(4)19-18(26-16)20-15(21)10-13-6-8-14(9-7-13)27(23,24)11(2)3/h6-9,11H,5,10H2,1-4H3,(H,19,20,21). The lowest BCUT2D eigenvalue weighted by Crippen LogP contribution is -2.15. The molecule has 0 unspecified atom stereocenters. The number of esters is 1. The van der Waals surface area contributed by atoms with Gasteiger partial charge >= 0.3 is 5.97 Å². The van der Waals surface area contributed by atoms with Gasteiger partial charge < -0.3 is 10.1 Å². The van der Waals surface area contributed by atoms with Crippen molar-refractivity contribution in [3.05, 3.63) is 40.4 Å². The molecule has 0 fully saturated rings. The van der Waals surface area contributed by atoms with Crippen LogP contribution in [0.15, 0.2) is 29.2 Å². The molecule has 1 aromatic heterocycles. The number of aromatic nitrogens is 1. The molecule has 0 bridgehead atoms. The van der Waals surface area contributed by atoms with Gasteiger partial charge in [-0.1, -0.05) is 23.5 Å². The zero-order valence-corrected chi connectivity index (χ0v) is 17.2. The SMILES string of the molecule is CCOC(=O)c1sc(NC(=O)Cc2ccc(S(=O)(=O)C(C)C)cc2)nc1C. The summed E-state index contributed by atoms with van der Waals surface area (Å²) in [5.41, 5.74) is 1.17. The van der Waals surface area contributed by atoms with Gasteiger partial charge in [0.05, 0.1) is 28.9 Å². The lowest BCUT2D eigenvalue weighted by atomic mass is 10.1. The van der Waals surface area contributed by atoms with Crippen molar-refractivity contribution in [2.45, 2.75) is 44.3 Å². The number of ether oxygens (including phenoxy) is 1. The molecule has 2 rings (SSSR count). The molecule has 7 nitrogen and oxygen atoms in total. The quantitative estimate of drug-likeness (QED) is 0.704. The molecule has 9 heteroatoms. The van der Waals surface area contributed by atoms with Crippen molar-refractivity contribution in [3.8, 4) is 0 Å². The number of hydrogen-bond donors (Lipinski definition) is 1. The summed E-state index contributed by atoms with van der Waals surface area (Å²) in [6.45, 7) is 6.90. The average Bonchev–Trinajstić information content (AvgIpc) is 2.95. The Labute approximate surface area is 162 Å². The number of nitrogens with one attached hydrogen (secondary N) is 1. The van der Waals surface area contributed by atoms with E-state index in [-0.39, 0.29) is 23.8 Å². The molecule has 0 aliphatic heterocycles. The predicted octanol–water partition coefficient (Wildman–Crippen LogP) is 2.99. The Morgan fingerprint density at radius 1 is 1.22 bits per heavy atom. The fourth-order valence-corrected chi connectivity index (χ4v) is 4.19. The highest BCUT2D eigenvalue weighted by molar-refractivity contribution is 7.92. The Morgan fingerprint density at radius 3 is 2.41 bits per heavy atom. The number of amides is 1. The van der Waals surface area contributed by atoms with Crippen LogP contribution in [0.3, 0.4) is 0 Å². The maximum atomic E-state index is 12.2. The molecule has 0 spiro atoms. The number of hydrogen-bond acceptors (Lipinski definition) is 7. The number of anilines is 1. The van der Waals surface area contributed by atoms with Gasteiger partial charge in [0.25, 0.3) is 0 Å². The summed E-state index contributed by atoms with van der Waals surface area (Å²) in [5.74, 6) is -0.770. The van der Waals surface area contributed by atoms with Crippen molar-refractivity contribution in [3.63, 3.8) is 0 Å². The topological polar surface area (TPSA) is 102 Å². The Hall–Kier alpha value is -2.26. The molecule has 1 amide bonds. The van der Waals surface area contributed by atoms with Crippen molar-refractivity contribution in [1.82, 2.24) is 4.98 Å². The first-order valence-corrected chi connectivity index (χ1v) is 10.8. The lowest BCUT2D eigenvalue weighted by Gasteiger charge is -2.08. The van der Waals surface area contributed by atoms with Crippen LogP contribution in [0, 0.1) is 6.92 Å². The molecule has 146 valence electrons. The minimum Gasteiger partial charge on any atom is -0.462 e. The van der Waals surface area contributed by atoms with E-state index in [1.54, 1.807) is 39.8 Å². The molecular weight excluding hydrogens is 388 g/mol. The van der Waals surface area contributed by atoms with Crippen LogP contribution in [0.1, 0.15) is 41.7 Å². The number of benzene rings is 1. The molecule has 0 saturated carbocycles. The fraction of sp³-hybridized carbons (Fsp3) is 0.389. The third-order valence-electron chi connectivity index (χ3n) is 3.74. The molecule has 0 aliphatic rings. The van der Waals surface area contributed by atoms with E-state index < -0.39 is 21.1 Å². The van der Waals surface area contributed by atoms with Gasteiger partial charge in [0.1, 0.15) is 4.88 Å². The average molecular weight is 411 g/mol. The van der Waals surface area contributed by atoms with Crippen molar-refractivity contribution in [1.29, 1.82) is 0 Å². The molecular formula is C18H22N2O5S2. The number of aryl methyl sites for hydroxylation is 1. The zero-order valence-electron chi connectivity index (χ0n) is 15.6. The molecule has 0 saturated heterocycles. The van der Waals surface area contributed by atoms with Crippen molar-refractivity contribution in [2.75, 3.05) is 11.9 Å². The second-order valence-electron chi connectivity index (χ2n) is 6.12. The Morgan fingerprint density at radius 2 is 1.85 bits per heavy atom. The molecule has 1 aromatic carbocycles. The molecule has 0 radical (unpaired) electrons. The van der Waals surface area contributed by atoms with Crippen LogP contribution in [0.2, 0.25) is 0 Å². The second-order valence-corrected chi connectivity index (χ2v) is 9.62. The number of thiazole rings is 1. The van der Waals surface area contributed by atoms with Crippen LogP contribution in [-0.2, 0) is 25.8 Å². The fourth-order valence-electron chi connectivity index (χ4n) is 2.25. The molecule has 0 atom stereocenters. The highest BCUT2D eigenvalue weighted by Gasteiger charge is 2.20. The minimum atomic E-state index is -3.34. The first-order chi connectivity index (χ1) is 12.6. The zero-order chi connectivity index (χ0) is 20.2. The molecule has 0 aliphatic carbocycles. The van der Waals surface area contributed by atoms with Crippen LogP contribution in [-0.4, -0.2) is 37.1 Å². The van der Waals surface area contributed by atoms with Gasteiger partial charge in [0.2, 0.25) is 5.91 Å². The van der Waals surface area contributed by atoms with Crippen molar-refractivity contribution >= 4 is 38.2 Å².